The van der Waals surface area contributed by atoms with E-state index in [9.17, 15) is 0 Å². The van der Waals surface area contributed by atoms with Crippen LogP contribution in [-0.4, -0.2) is 26.8 Å². The minimum atomic E-state index is 0.223. The number of hydrogen-bond acceptors (Lipinski definition) is 3. The van der Waals surface area contributed by atoms with E-state index in [2.05, 4.69) is 36.5 Å². The Bertz CT molecular complexity index is 284. The molecule has 1 rings (SSSR count). The topological polar surface area (TPSA) is 47.3 Å². The van der Waals surface area contributed by atoms with Crippen LogP contribution in [0.2, 0.25) is 0 Å². The van der Waals surface area contributed by atoms with Crippen molar-refractivity contribution in [2.24, 2.45) is 5.73 Å². The minimum absolute atomic E-state index is 0.223. The lowest BCUT2D eigenvalue weighted by atomic mass is 10.0. The van der Waals surface area contributed by atoms with Gasteiger partial charge in [-0.2, -0.15) is 0 Å². The summed E-state index contributed by atoms with van der Waals surface area (Å²) in [5.41, 5.74) is 8.36. The second kappa shape index (κ2) is 7.39. The van der Waals surface area contributed by atoms with Crippen LogP contribution in [0.4, 0.5) is 0 Å². The van der Waals surface area contributed by atoms with Crippen molar-refractivity contribution in [2.45, 2.75) is 19.4 Å². The molecule has 0 aliphatic heterocycles. The molecule has 0 radical (unpaired) electrons. The zero-order valence-corrected chi connectivity index (χ0v) is 10.2. The molecule has 16 heavy (non-hydrogen) atoms. The van der Waals surface area contributed by atoms with E-state index in [1.807, 2.05) is 0 Å². The SMILES string of the molecule is CCc1ccc(C(CN)NCCOC)cc1. The van der Waals surface area contributed by atoms with Crippen LogP contribution in [0.5, 0.6) is 0 Å². The van der Waals surface area contributed by atoms with Crippen LogP contribution in [0.15, 0.2) is 24.3 Å². The molecular weight excluding hydrogens is 200 g/mol. The Morgan fingerprint density at radius 2 is 2.00 bits per heavy atom. The predicted molar refractivity (Wildman–Crippen MR) is 67.5 cm³/mol. The van der Waals surface area contributed by atoms with Gasteiger partial charge in [0.05, 0.1) is 6.61 Å². The van der Waals surface area contributed by atoms with Crippen molar-refractivity contribution in [2.75, 3.05) is 26.8 Å². The normalized spacial score (nSPS) is 12.7. The summed E-state index contributed by atoms with van der Waals surface area (Å²) in [6.07, 6.45) is 1.07. The van der Waals surface area contributed by atoms with Gasteiger partial charge in [-0.15, -0.1) is 0 Å². The highest BCUT2D eigenvalue weighted by molar-refractivity contribution is 5.25. The van der Waals surface area contributed by atoms with Crippen molar-refractivity contribution in [3.05, 3.63) is 35.4 Å². The second-order valence-electron chi connectivity index (χ2n) is 3.83. The van der Waals surface area contributed by atoms with Crippen LogP contribution in [0, 0.1) is 0 Å². The van der Waals surface area contributed by atoms with Gasteiger partial charge >= 0.3 is 0 Å². The summed E-state index contributed by atoms with van der Waals surface area (Å²) in [5, 5.41) is 3.37. The molecular formula is C13H22N2O. The molecule has 0 saturated carbocycles. The first-order valence-electron chi connectivity index (χ1n) is 5.83. The van der Waals surface area contributed by atoms with Crippen LogP contribution in [0.25, 0.3) is 0 Å². The van der Waals surface area contributed by atoms with Crippen LogP contribution in [0.3, 0.4) is 0 Å². The Hall–Kier alpha value is -0.900. The van der Waals surface area contributed by atoms with Crippen LogP contribution < -0.4 is 11.1 Å². The van der Waals surface area contributed by atoms with Crippen LogP contribution in [-0.2, 0) is 11.2 Å². The molecule has 0 aliphatic rings. The number of rotatable bonds is 7. The van der Waals surface area contributed by atoms with E-state index >= 15 is 0 Å². The van der Waals surface area contributed by atoms with E-state index in [0.717, 1.165) is 13.0 Å². The van der Waals surface area contributed by atoms with E-state index in [-0.39, 0.29) is 6.04 Å². The van der Waals surface area contributed by atoms with Gasteiger partial charge in [-0.05, 0) is 17.5 Å². The Morgan fingerprint density at radius 1 is 1.31 bits per heavy atom. The molecule has 3 nitrogen and oxygen atoms in total. The molecule has 90 valence electrons. The summed E-state index contributed by atoms with van der Waals surface area (Å²) >= 11 is 0. The highest BCUT2D eigenvalue weighted by Gasteiger charge is 2.07. The average Bonchev–Trinajstić information content (AvgIpc) is 2.35. The second-order valence-corrected chi connectivity index (χ2v) is 3.83. The standard InChI is InChI=1S/C13H22N2O/c1-3-11-4-6-12(7-5-11)13(10-14)15-8-9-16-2/h4-7,13,15H,3,8-10,14H2,1-2H3. The number of nitrogens with one attached hydrogen (secondary N) is 1. The quantitative estimate of drug-likeness (QED) is 0.687. The molecule has 3 N–H and O–H groups in total. The number of hydrogen-bond donors (Lipinski definition) is 2. The predicted octanol–water partition coefficient (Wildman–Crippen LogP) is 1.48. The Balaban J connectivity index is 2.56. The van der Waals surface area contributed by atoms with Crippen molar-refractivity contribution in [3.8, 4) is 0 Å². The summed E-state index contributed by atoms with van der Waals surface area (Å²) in [6.45, 7) is 4.30. The molecule has 0 aromatic heterocycles. The third-order valence-electron chi connectivity index (χ3n) is 2.72. The third-order valence-corrected chi connectivity index (χ3v) is 2.72. The summed E-state index contributed by atoms with van der Waals surface area (Å²) in [4.78, 5) is 0. The van der Waals surface area contributed by atoms with Gasteiger partial charge in [0, 0.05) is 26.2 Å². The van der Waals surface area contributed by atoms with Gasteiger partial charge in [-0.3, -0.25) is 0 Å². The lowest BCUT2D eigenvalue weighted by Crippen LogP contribution is -2.30. The lowest BCUT2D eigenvalue weighted by molar-refractivity contribution is 0.196. The van der Waals surface area contributed by atoms with Crippen molar-refractivity contribution in [3.63, 3.8) is 0 Å². The van der Waals surface area contributed by atoms with Crippen molar-refractivity contribution in [1.29, 1.82) is 0 Å². The van der Waals surface area contributed by atoms with Crippen LogP contribution >= 0.6 is 0 Å². The van der Waals surface area contributed by atoms with Gasteiger partial charge in [-0.25, -0.2) is 0 Å². The zero-order valence-electron chi connectivity index (χ0n) is 10.2. The minimum Gasteiger partial charge on any atom is -0.383 e. The number of methoxy groups -OCH3 is 1. The molecule has 1 unspecified atom stereocenters. The van der Waals surface area contributed by atoms with Crippen molar-refractivity contribution in [1.82, 2.24) is 5.32 Å². The van der Waals surface area contributed by atoms with E-state index in [1.54, 1.807) is 7.11 Å². The first kappa shape index (κ1) is 13.2. The van der Waals surface area contributed by atoms with E-state index in [4.69, 9.17) is 10.5 Å². The molecule has 0 aliphatic carbocycles. The van der Waals surface area contributed by atoms with Gasteiger partial charge in [0.1, 0.15) is 0 Å². The van der Waals surface area contributed by atoms with Crippen molar-refractivity contribution >= 4 is 0 Å². The van der Waals surface area contributed by atoms with Gasteiger partial charge < -0.3 is 15.8 Å². The van der Waals surface area contributed by atoms with Crippen LogP contribution in [0.1, 0.15) is 24.1 Å². The Labute approximate surface area is 98.0 Å². The van der Waals surface area contributed by atoms with E-state index in [1.165, 1.54) is 11.1 Å². The maximum Gasteiger partial charge on any atom is 0.0587 e. The monoisotopic (exact) mass is 222 g/mol. The van der Waals surface area contributed by atoms with Gasteiger partial charge in [0.25, 0.3) is 0 Å². The van der Waals surface area contributed by atoms with Gasteiger partial charge in [0.2, 0.25) is 0 Å². The summed E-state index contributed by atoms with van der Waals surface area (Å²) in [5.74, 6) is 0. The fraction of sp³-hybridized carbons (Fsp3) is 0.538. The molecule has 0 heterocycles. The number of aryl methyl sites for hydroxylation is 1. The smallest absolute Gasteiger partial charge is 0.0587 e. The molecule has 0 amide bonds. The highest BCUT2D eigenvalue weighted by Crippen LogP contribution is 2.13. The summed E-state index contributed by atoms with van der Waals surface area (Å²) < 4.78 is 5.01. The third kappa shape index (κ3) is 3.93. The molecule has 3 heteroatoms. The zero-order chi connectivity index (χ0) is 11.8. The van der Waals surface area contributed by atoms with Gasteiger partial charge in [0.15, 0.2) is 0 Å². The van der Waals surface area contributed by atoms with E-state index in [0.29, 0.717) is 13.2 Å². The average molecular weight is 222 g/mol. The maximum absolute atomic E-state index is 5.75. The number of nitrogens with two attached hydrogens (primary N) is 1. The summed E-state index contributed by atoms with van der Waals surface area (Å²) in [6, 6.07) is 8.85. The molecule has 0 spiro atoms. The fourth-order valence-corrected chi connectivity index (χ4v) is 1.66. The van der Waals surface area contributed by atoms with Gasteiger partial charge in [-0.1, -0.05) is 31.2 Å². The maximum atomic E-state index is 5.75. The first-order chi connectivity index (χ1) is 7.81. The number of benzene rings is 1. The molecule has 0 saturated heterocycles. The molecule has 0 fully saturated rings. The lowest BCUT2D eigenvalue weighted by Gasteiger charge is -2.17. The molecule has 1 aromatic carbocycles. The van der Waals surface area contributed by atoms with E-state index < -0.39 is 0 Å². The summed E-state index contributed by atoms with van der Waals surface area (Å²) in [7, 11) is 1.70. The number of ether oxygens (including phenoxy) is 1. The Kier molecular flexibility index (Phi) is 6.08. The molecule has 1 atom stereocenters. The highest BCUT2D eigenvalue weighted by atomic mass is 16.5. The fourth-order valence-electron chi connectivity index (χ4n) is 1.66. The molecule has 1 aromatic rings. The first-order valence-corrected chi connectivity index (χ1v) is 5.83. The van der Waals surface area contributed by atoms with Crippen molar-refractivity contribution < 1.29 is 4.74 Å². The molecule has 0 bridgehead atoms. The largest absolute Gasteiger partial charge is 0.383 e. The Morgan fingerprint density at radius 3 is 2.50 bits per heavy atom.